The lowest BCUT2D eigenvalue weighted by atomic mass is 10.1. The van der Waals surface area contributed by atoms with E-state index in [2.05, 4.69) is 15.3 Å². The molecule has 5 heteroatoms. The summed E-state index contributed by atoms with van der Waals surface area (Å²) in [5.41, 5.74) is 3.36. The Hall–Kier alpha value is -2.92. The molecule has 1 amide bonds. The lowest BCUT2D eigenvalue weighted by molar-refractivity contribution is 0.0924. The summed E-state index contributed by atoms with van der Waals surface area (Å²) in [7, 11) is 3.99. The second-order valence-electron chi connectivity index (χ2n) is 6.62. The molecule has 1 heterocycles. The van der Waals surface area contributed by atoms with Crippen LogP contribution in [0.15, 0.2) is 66.7 Å². The summed E-state index contributed by atoms with van der Waals surface area (Å²) in [5, 5.41) is 7.61. The second kappa shape index (κ2) is 7.97. The van der Waals surface area contributed by atoms with Crippen LogP contribution in [-0.4, -0.2) is 41.2 Å². The van der Waals surface area contributed by atoms with Crippen LogP contribution in [0.4, 0.5) is 0 Å². The first kappa shape index (κ1) is 17.9. The van der Waals surface area contributed by atoms with Gasteiger partial charge in [-0.2, -0.15) is 5.10 Å². The average Bonchev–Trinajstić information content (AvgIpc) is 3.04. The summed E-state index contributed by atoms with van der Waals surface area (Å²) in [6.45, 7) is 2.67. The summed E-state index contributed by atoms with van der Waals surface area (Å²) in [6.07, 6.45) is 0. The molecule has 5 nitrogen and oxygen atoms in total. The lowest BCUT2D eigenvalue weighted by Crippen LogP contribution is -2.35. The third kappa shape index (κ3) is 4.18. The van der Waals surface area contributed by atoms with Gasteiger partial charge < -0.3 is 10.2 Å². The first-order chi connectivity index (χ1) is 12.5. The van der Waals surface area contributed by atoms with Gasteiger partial charge in [-0.05, 0) is 44.8 Å². The van der Waals surface area contributed by atoms with Crippen LogP contribution in [0.25, 0.3) is 5.69 Å². The van der Waals surface area contributed by atoms with E-state index in [-0.39, 0.29) is 11.9 Å². The van der Waals surface area contributed by atoms with Gasteiger partial charge in [0.05, 0.1) is 11.7 Å². The van der Waals surface area contributed by atoms with Gasteiger partial charge in [-0.15, -0.1) is 0 Å². The van der Waals surface area contributed by atoms with Crippen molar-refractivity contribution in [3.8, 4) is 5.69 Å². The predicted molar refractivity (Wildman–Crippen MR) is 104 cm³/mol. The van der Waals surface area contributed by atoms with Crippen LogP contribution in [0, 0.1) is 6.92 Å². The number of aromatic nitrogens is 2. The topological polar surface area (TPSA) is 50.2 Å². The lowest BCUT2D eigenvalue weighted by Gasteiger charge is -2.22. The summed E-state index contributed by atoms with van der Waals surface area (Å²) in [4.78, 5) is 14.9. The maximum absolute atomic E-state index is 12.8. The van der Waals surface area contributed by atoms with Crippen LogP contribution >= 0.6 is 0 Å². The highest BCUT2D eigenvalue weighted by Crippen LogP contribution is 2.16. The van der Waals surface area contributed by atoms with E-state index in [1.54, 1.807) is 4.68 Å². The molecule has 0 aliphatic heterocycles. The Balaban J connectivity index is 1.82. The number of carbonyl (C=O) groups is 1. The van der Waals surface area contributed by atoms with E-state index in [0.29, 0.717) is 12.2 Å². The molecule has 0 saturated heterocycles. The Morgan fingerprint density at radius 1 is 1.08 bits per heavy atom. The summed E-state index contributed by atoms with van der Waals surface area (Å²) in [5.74, 6) is -0.168. The van der Waals surface area contributed by atoms with Gasteiger partial charge >= 0.3 is 0 Å². The molecular formula is C21H24N4O. The molecule has 0 aliphatic rings. The average molecular weight is 348 g/mol. The standard InChI is InChI=1S/C21H24N4O/c1-16-14-19(23-25(16)18-12-8-5-9-13-18)21(26)22-20(15-24(2)3)17-10-6-4-7-11-17/h4-14,20H,15H2,1-3H3,(H,22,26). The second-order valence-corrected chi connectivity index (χ2v) is 6.62. The van der Waals surface area contributed by atoms with Gasteiger partial charge in [0.2, 0.25) is 0 Å². The van der Waals surface area contributed by atoms with Crippen LogP contribution in [0.3, 0.4) is 0 Å². The van der Waals surface area contributed by atoms with E-state index in [1.807, 2.05) is 87.7 Å². The quantitative estimate of drug-likeness (QED) is 0.744. The Labute approximate surface area is 154 Å². The molecule has 1 atom stereocenters. The number of carbonyl (C=O) groups excluding carboxylic acids is 1. The summed E-state index contributed by atoms with van der Waals surface area (Å²) >= 11 is 0. The SMILES string of the molecule is Cc1cc(C(=O)NC(CN(C)C)c2ccccc2)nn1-c1ccccc1. The minimum Gasteiger partial charge on any atom is -0.343 e. The highest BCUT2D eigenvalue weighted by Gasteiger charge is 2.19. The molecular weight excluding hydrogens is 324 g/mol. The highest BCUT2D eigenvalue weighted by molar-refractivity contribution is 5.92. The predicted octanol–water partition coefficient (Wildman–Crippen LogP) is 3.21. The minimum atomic E-state index is -0.168. The first-order valence-corrected chi connectivity index (χ1v) is 8.67. The number of nitrogens with one attached hydrogen (secondary N) is 1. The molecule has 1 aromatic heterocycles. The zero-order chi connectivity index (χ0) is 18.5. The fourth-order valence-corrected chi connectivity index (χ4v) is 2.93. The Morgan fingerprint density at radius 2 is 1.69 bits per heavy atom. The number of hydrogen-bond acceptors (Lipinski definition) is 3. The fraction of sp³-hybridized carbons (Fsp3) is 0.238. The molecule has 0 spiro atoms. The molecule has 0 fully saturated rings. The third-order valence-electron chi connectivity index (χ3n) is 4.18. The molecule has 0 bridgehead atoms. The molecule has 3 aromatic rings. The highest BCUT2D eigenvalue weighted by atomic mass is 16.2. The van der Waals surface area contributed by atoms with Crippen molar-refractivity contribution in [2.24, 2.45) is 0 Å². The maximum atomic E-state index is 12.8. The van der Waals surface area contributed by atoms with Gasteiger partial charge in [-0.3, -0.25) is 4.79 Å². The zero-order valence-electron chi connectivity index (χ0n) is 15.4. The number of hydrogen-bond donors (Lipinski definition) is 1. The zero-order valence-corrected chi connectivity index (χ0v) is 15.4. The van der Waals surface area contributed by atoms with Crippen molar-refractivity contribution in [2.75, 3.05) is 20.6 Å². The van der Waals surface area contributed by atoms with E-state index >= 15 is 0 Å². The number of amides is 1. The van der Waals surface area contributed by atoms with Crippen molar-refractivity contribution in [1.29, 1.82) is 0 Å². The smallest absolute Gasteiger partial charge is 0.272 e. The Morgan fingerprint density at radius 3 is 2.31 bits per heavy atom. The number of likely N-dealkylation sites (N-methyl/N-ethyl adjacent to an activating group) is 1. The van der Waals surface area contributed by atoms with E-state index in [9.17, 15) is 4.79 Å². The summed E-state index contributed by atoms with van der Waals surface area (Å²) < 4.78 is 1.79. The first-order valence-electron chi connectivity index (χ1n) is 8.67. The number of nitrogens with zero attached hydrogens (tertiary/aromatic N) is 3. The van der Waals surface area contributed by atoms with Gasteiger partial charge in [-0.1, -0.05) is 48.5 Å². The number of benzene rings is 2. The van der Waals surface area contributed by atoms with Crippen molar-refractivity contribution in [3.63, 3.8) is 0 Å². The molecule has 0 radical (unpaired) electrons. The van der Waals surface area contributed by atoms with Crippen LogP contribution in [-0.2, 0) is 0 Å². The molecule has 3 rings (SSSR count). The molecule has 26 heavy (non-hydrogen) atoms. The molecule has 1 N–H and O–H groups in total. The van der Waals surface area contributed by atoms with Crippen molar-refractivity contribution in [1.82, 2.24) is 20.0 Å². The molecule has 134 valence electrons. The van der Waals surface area contributed by atoms with Crippen LogP contribution in [0.1, 0.15) is 27.8 Å². The van der Waals surface area contributed by atoms with Crippen molar-refractivity contribution in [3.05, 3.63) is 83.7 Å². The minimum absolute atomic E-state index is 0.0964. The number of aryl methyl sites for hydroxylation is 1. The molecule has 0 saturated carbocycles. The fourth-order valence-electron chi connectivity index (χ4n) is 2.93. The van der Waals surface area contributed by atoms with Crippen molar-refractivity contribution < 1.29 is 4.79 Å². The van der Waals surface area contributed by atoms with Gasteiger partial charge in [0.1, 0.15) is 0 Å². The number of rotatable bonds is 6. The van der Waals surface area contributed by atoms with Gasteiger partial charge in [0.15, 0.2) is 5.69 Å². The van der Waals surface area contributed by atoms with E-state index in [1.165, 1.54) is 0 Å². The molecule has 0 aliphatic carbocycles. The van der Waals surface area contributed by atoms with Crippen LogP contribution < -0.4 is 5.32 Å². The van der Waals surface area contributed by atoms with Gasteiger partial charge in [0.25, 0.3) is 5.91 Å². The van der Waals surface area contributed by atoms with Gasteiger partial charge in [-0.25, -0.2) is 4.68 Å². The molecule has 2 aromatic carbocycles. The van der Waals surface area contributed by atoms with E-state index < -0.39 is 0 Å². The van der Waals surface area contributed by atoms with Crippen LogP contribution in [0.2, 0.25) is 0 Å². The van der Waals surface area contributed by atoms with Crippen LogP contribution in [0.5, 0.6) is 0 Å². The largest absolute Gasteiger partial charge is 0.343 e. The summed E-state index contributed by atoms with van der Waals surface area (Å²) in [6, 6.07) is 21.5. The van der Waals surface area contributed by atoms with Crippen molar-refractivity contribution >= 4 is 5.91 Å². The Bertz CT molecular complexity index is 856. The van der Waals surface area contributed by atoms with E-state index in [4.69, 9.17) is 0 Å². The van der Waals surface area contributed by atoms with Crippen molar-refractivity contribution in [2.45, 2.75) is 13.0 Å². The number of para-hydroxylation sites is 1. The Kier molecular flexibility index (Phi) is 5.49. The third-order valence-corrected chi connectivity index (χ3v) is 4.18. The molecule has 1 unspecified atom stereocenters. The van der Waals surface area contributed by atoms with Gasteiger partial charge in [0, 0.05) is 12.2 Å². The normalized spacial score (nSPS) is 12.2. The monoisotopic (exact) mass is 348 g/mol. The van der Waals surface area contributed by atoms with E-state index in [0.717, 1.165) is 16.9 Å². The maximum Gasteiger partial charge on any atom is 0.272 e.